The highest BCUT2D eigenvalue weighted by Gasteiger charge is 2.26. The van der Waals surface area contributed by atoms with Gasteiger partial charge in [0, 0.05) is 31.4 Å². The molecule has 2 aromatic heterocycles. The molecule has 1 aromatic carbocycles. The van der Waals surface area contributed by atoms with Crippen LogP contribution < -0.4 is 5.32 Å². The fraction of sp³-hybridized carbons (Fsp3) is 0.286. The number of fused-ring (bicyclic) bond motifs is 1. The zero-order chi connectivity index (χ0) is 19.5. The molecule has 144 valence electrons. The molecule has 4 rings (SSSR count). The first-order valence-electron chi connectivity index (χ1n) is 9.43. The van der Waals surface area contributed by atoms with Crippen molar-refractivity contribution >= 4 is 17.3 Å². The van der Waals surface area contributed by atoms with Crippen LogP contribution in [0.1, 0.15) is 45.9 Å². The minimum absolute atomic E-state index is 0.0484. The minimum atomic E-state index is -0.440. The summed E-state index contributed by atoms with van der Waals surface area (Å²) in [6, 6.07) is 11.6. The molecule has 0 saturated carbocycles. The maximum atomic E-state index is 13.8. The molecular weight excluding hydrogens is 359 g/mol. The molecule has 3 aromatic rings. The lowest BCUT2D eigenvalue weighted by atomic mass is 10.1. The van der Waals surface area contributed by atoms with Crippen molar-refractivity contribution in [3.63, 3.8) is 0 Å². The summed E-state index contributed by atoms with van der Waals surface area (Å²) in [5, 5.41) is 2.70. The summed E-state index contributed by atoms with van der Waals surface area (Å²) >= 11 is 0. The number of nitrogens with zero attached hydrogens (tertiary/aromatic N) is 3. The Bertz CT molecular complexity index is 1020. The molecule has 0 radical (unpaired) electrons. The number of pyridine rings is 1. The Morgan fingerprint density at radius 2 is 1.79 bits per heavy atom. The molecule has 0 spiro atoms. The molecule has 1 N–H and O–H groups in total. The van der Waals surface area contributed by atoms with Crippen LogP contribution in [0.15, 0.2) is 48.7 Å². The van der Waals surface area contributed by atoms with Gasteiger partial charge in [-0.1, -0.05) is 24.3 Å². The topological polar surface area (TPSA) is 66.7 Å². The van der Waals surface area contributed by atoms with Crippen LogP contribution in [-0.4, -0.2) is 39.2 Å². The molecule has 6 nitrogen and oxygen atoms in total. The highest BCUT2D eigenvalue weighted by atomic mass is 19.1. The molecule has 0 unspecified atom stereocenters. The minimum Gasteiger partial charge on any atom is -0.346 e. The Labute approximate surface area is 162 Å². The molecule has 1 fully saturated rings. The van der Waals surface area contributed by atoms with Gasteiger partial charge in [-0.3, -0.25) is 14.0 Å². The zero-order valence-electron chi connectivity index (χ0n) is 15.4. The van der Waals surface area contributed by atoms with Gasteiger partial charge < -0.3 is 10.2 Å². The number of aromatic nitrogens is 2. The quantitative estimate of drug-likeness (QED) is 0.757. The Hall–Kier alpha value is -3.22. The van der Waals surface area contributed by atoms with Crippen molar-refractivity contribution in [1.82, 2.24) is 19.6 Å². The van der Waals surface area contributed by atoms with Crippen molar-refractivity contribution in [3.05, 3.63) is 71.6 Å². The van der Waals surface area contributed by atoms with E-state index in [0.29, 0.717) is 24.2 Å². The van der Waals surface area contributed by atoms with Crippen LogP contribution in [0, 0.1) is 5.82 Å². The van der Waals surface area contributed by atoms with Gasteiger partial charge in [0.15, 0.2) is 5.69 Å². The second-order valence-corrected chi connectivity index (χ2v) is 6.87. The monoisotopic (exact) mass is 380 g/mol. The lowest BCUT2D eigenvalue weighted by molar-refractivity contribution is 0.0711. The summed E-state index contributed by atoms with van der Waals surface area (Å²) in [7, 11) is 0. The van der Waals surface area contributed by atoms with Crippen molar-refractivity contribution in [3.8, 4) is 0 Å². The van der Waals surface area contributed by atoms with Crippen LogP contribution in [0.2, 0.25) is 0 Å². The van der Waals surface area contributed by atoms with Crippen LogP contribution in [0.3, 0.4) is 0 Å². The summed E-state index contributed by atoms with van der Waals surface area (Å²) in [4.78, 5) is 31.8. The van der Waals surface area contributed by atoms with E-state index in [-0.39, 0.29) is 29.8 Å². The SMILES string of the molecule is O=C(NCc1ccccc1F)c1nc(C(=O)N2CCCCC2)n2ccccc12. The smallest absolute Gasteiger partial charge is 0.290 e. The summed E-state index contributed by atoms with van der Waals surface area (Å²) in [6.45, 7) is 1.46. The van der Waals surface area contributed by atoms with Gasteiger partial charge in [-0.15, -0.1) is 0 Å². The van der Waals surface area contributed by atoms with Gasteiger partial charge in [-0.2, -0.15) is 0 Å². The Kier molecular flexibility index (Phi) is 5.06. The number of halogens is 1. The fourth-order valence-corrected chi connectivity index (χ4v) is 3.50. The summed E-state index contributed by atoms with van der Waals surface area (Å²) in [5.74, 6) is -0.759. The average molecular weight is 380 g/mol. The summed E-state index contributed by atoms with van der Waals surface area (Å²) in [5.41, 5.74) is 1.11. The van der Waals surface area contributed by atoms with Gasteiger partial charge in [-0.05, 0) is 37.5 Å². The number of carbonyl (C=O) groups excluding carboxylic acids is 2. The second kappa shape index (κ2) is 7.80. The van der Waals surface area contributed by atoms with Gasteiger partial charge in [0.2, 0.25) is 5.82 Å². The number of amides is 2. The third-order valence-electron chi connectivity index (χ3n) is 5.00. The van der Waals surface area contributed by atoms with E-state index in [1.54, 1.807) is 51.9 Å². The highest BCUT2D eigenvalue weighted by Crippen LogP contribution is 2.18. The molecule has 0 bridgehead atoms. The van der Waals surface area contributed by atoms with Crippen molar-refractivity contribution in [2.75, 3.05) is 13.1 Å². The molecule has 7 heteroatoms. The fourth-order valence-electron chi connectivity index (χ4n) is 3.50. The molecule has 1 aliphatic heterocycles. The van der Waals surface area contributed by atoms with E-state index in [1.165, 1.54) is 6.07 Å². The Balaban J connectivity index is 1.61. The lowest BCUT2D eigenvalue weighted by Gasteiger charge is -2.25. The molecule has 0 aliphatic carbocycles. The number of carbonyl (C=O) groups is 2. The lowest BCUT2D eigenvalue weighted by Crippen LogP contribution is -2.36. The van der Waals surface area contributed by atoms with E-state index in [4.69, 9.17) is 0 Å². The highest BCUT2D eigenvalue weighted by molar-refractivity contribution is 6.02. The van der Waals surface area contributed by atoms with Crippen LogP contribution in [0.4, 0.5) is 4.39 Å². The maximum absolute atomic E-state index is 13.8. The number of hydrogen-bond donors (Lipinski definition) is 1. The Morgan fingerprint density at radius 3 is 2.57 bits per heavy atom. The number of nitrogens with one attached hydrogen (secondary N) is 1. The van der Waals surface area contributed by atoms with Gasteiger partial charge in [-0.25, -0.2) is 9.37 Å². The van der Waals surface area contributed by atoms with E-state index in [9.17, 15) is 14.0 Å². The predicted molar refractivity (Wildman–Crippen MR) is 103 cm³/mol. The summed E-state index contributed by atoms with van der Waals surface area (Å²) < 4.78 is 15.4. The molecule has 2 amide bonds. The van der Waals surface area contributed by atoms with Crippen LogP contribution in [-0.2, 0) is 6.54 Å². The van der Waals surface area contributed by atoms with E-state index in [0.717, 1.165) is 19.3 Å². The van der Waals surface area contributed by atoms with Crippen LogP contribution in [0.5, 0.6) is 0 Å². The first-order chi connectivity index (χ1) is 13.6. The van der Waals surface area contributed by atoms with Gasteiger partial charge in [0.05, 0.1) is 5.52 Å². The number of imidazole rings is 1. The zero-order valence-corrected chi connectivity index (χ0v) is 15.4. The molecular formula is C21H21FN4O2. The first-order valence-corrected chi connectivity index (χ1v) is 9.43. The number of rotatable bonds is 4. The van der Waals surface area contributed by atoms with Crippen LogP contribution in [0.25, 0.3) is 5.52 Å². The number of piperidine rings is 1. The van der Waals surface area contributed by atoms with Crippen molar-refractivity contribution in [2.24, 2.45) is 0 Å². The van der Waals surface area contributed by atoms with E-state index >= 15 is 0 Å². The standard InChI is InChI=1S/C21H21FN4O2/c22-16-9-3-2-8-15(16)14-23-20(27)18-17-10-4-7-13-26(17)19(24-18)21(28)25-11-5-1-6-12-25/h2-4,7-10,13H,1,5-6,11-12,14H2,(H,23,27). The molecule has 28 heavy (non-hydrogen) atoms. The second-order valence-electron chi connectivity index (χ2n) is 6.87. The third-order valence-corrected chi connectivity index (χ3v) is 5.00. The van der Waals surface area contributed by atoms with Gasteiger partial charge >= 0.3 is 0 Å². The molecule has 1 saturated heterocycles. The van der Waals surface area contributed by atoms with Crippen molar-refractivity contribution in [2.45, 2.75) is 25.8 Å². The van der Waals surface area contributed by atoms with E-state index in [1.807, 2.05) is 0 Å². The number of likely N-dealkylation sites (tertiary alicyclic amines) is 1. The molecule has 3 heterocycles. The average Bonchev–Trinajstić information content (AvgIpc) is 3.13. The maximum Gasteiger partial charge on any atom is 0.290 e. The number of hydrogen-bond acceptors (Lipinski definition) is 3. The van der Waals surface area contributed by atoms with E-state index in [2.05, 4.69) is 10.3 Å². The van der Waals surface area contributed by atoms with E-state index < -0.39 is 5.91 Å². The van der Waals surface area contributed by atoms with Gasteiger partial charge in [0.25, 0.3) is 11.8 Å². The molecule has 0 atom stereocenters. The number of benzene rings is 1. The van der Waals surface area contributed by atoms with Crippen molar-refractivity contribution in [1.29, 1.82) is 0 Å². The van der Waals surface area contributed by atoms with Gasteiger partial charge in [0.1, 0.15) is 5.82 Å². The third kappa shape index (κ3) is 3.47. The van der Waals surface area contributed by atoms with Crippen LogP contribution >= 0.6 is 0 Å². The normalized spacial score (nSPS) is 14.2. The molecule has 1 aliphatic rings. The predicted octanol–water partition coefficient (Wildman–Crippen LogP) is 3.03. The Morgan fingerprint density at radius 1 is 1.04 bits per heavy atom. The first kappa shape index (κ1) is 18.2. The largest absolute Gasteiger partial charge is 0.346 e. The van der Waals surface area contributed by atoms with Crippen molar-refractivity contribution < 1.29 is 14.0 Å². The summed E-state index contributed by atoms with van der Waals surface area (Å²) in [6.07, 6.45) is 4.80.